The van der Waals surface area contributed by atoms with E-state index in [1.165, 1.54) is 0 Å². The molecule has 0 aliphatic carbocycles. The molecule has 0 heterocycles. The first-order valence-corrected chi connectivity index (χ1v) is 6.95. The predicted octanol–water partition coefficient (Wildman–Crippen LogP) is -0.0148. The molecule has 2 atom stereocenters. The highest BCUT2D eigenvalue weighted by atomic mass is 16.3. The van der Waals surface area contributed by atoms with E-state index in [4.69, 9.17) is 5.73 Å². The summed E-state index contributed by atoms with van der Waals surface area (Å²) in [5, 5.41) is 12.8. The van der Waals surface area contributed by atoms with Crippen molar-refractivity contribution in [1.82, 2.24) is 10.2 Å². The summed E-state index contributed by atoms with van der Waals surface area (Å²) in [6.45, 7) is 3.14. The second-order valence-corrected chi connectivity index (χ2v) is 5.07. The maximum absolute atomic E-state index is 11.4. The molecule has 1 amide bonds. The monoisotopic (exact) mass is 279 g/mol. The van der Waals surface area contributed by atoms with Crippen LogP contribution in [0.25, 0.3) is 0 Å². The van der Waals surface area contributed by atoms with Gasteiger partial charge in [-0.25, -0.2) is 0 Å². The normalized spacial score (nSPS) is 14.1. The summed E-state index contributed by atoms with van der Waals surface area (Å²) >= 11 is 0. The molecule has 5 nitrogen and oxygen atoms in total. The fraction of sp³-hybridized carbons (Fsp3) is 0.533. The molecule has 4 N–H and O–H groups in total. The summed E-state index contributed by atoms with van der Waals surface area (Å²) in [5.41, 5.74) is 7.11. The summed E-state index contributed by atoms with van der Waals surface area (Å²) in [6.07, 6.45) is -0.0357. The fourth-order valence-electron chi connectivity index (χ4n) is 2.04. The smallest absolute Gasteiger partial charge is 0.234 e. The molecule has 0 saturated carbocycles. The van der Waals surface area contributed by atoms with Crippen molar-refractivity contribution in [2.75, 3.05) is 26.7 Å². The van der Waals surface area contributed by atoms with Gasteiger partial charge in [-0.2, -0.15) is 0 Å². The first-order chi connectivity index (χ1) is 9.52. The number of rotatable bonds is 8. The Morgan fingerprint density at radius 3 is 2.65 bits per heavy atom. The third kappa shape index (κ3) is 6.14. The molecule has 2 unspecified atom stereocenters. The van der Waals surface area contributed by atoms with Gasteiger partial charge >= 0.3 is 0 Å². The highest BCUT2D eigenvalue weighted by molar-refractivity contribution is 5.77. The fourth-order valence-corrected chi connectivity index (χ4v) is 2.04. The highest BCUT2D eigenvalue weighted by Gasteiger charge is 2.18. The lowest BCUT2D eigenvalue weighted by molar-refractivity contribution is -0.122. The van der Waals surface area contributed by atoms with Crippen molar-refractivity contribution in [3.63, 3.8) is 0 Å². The molecule has 0 saturated heterocycles. The van der Waals surface area contributed by atoms with Gasteiger partial charge in [-0.3, -0.25) is 9.69 Å². The number of amides is 1. The molecule has 0 fully saturated rings. The Morgan fingerprint density at radius 1 is 1.40 bits per heavy atom. The van der Waals surface area contributed by atoms with E-state index < -0.39 is 6.10 Å². The quantitative estimate of drug-likeness (QED) is 0.625. The summed E-state index contributed by atoms with van der Waals surface area (Å²) < 4.78 is 0. The number of aliphatic hydroxyl groups excluding tert-OH is 1. The number of nitrogens with one attached hydrogen (secondary N) is 1. The van der Waals surface area contributed by atoms with Crippen molar-refractivity contribution in [3.05, 3.63) is 35.9 Å². The third-order valence-electron chi connectivity index (χ3n) is 3.09. The molecule has 0 radical (unpaired) electrons. The van der Waals surface area contributed by atoms with Gasteiger partial charge in [0.2, 0.25) is 5.91 Å². The van der Waals surface area contributed by atoms with Crippen LogP contribution >= 0.6 is 0 Å². The molecule has 5 heteroatoms. The van der Waals surface area contributed by atoms with Crippen molar-refractivity contribution < 1.29 is 9.90 Å². The molecule has 0 bridgehead atoms. The Hall–Kier alpha value is -1.43. The topological polar surface area (TPSA) is 78.6 Å². The number of aliphatic hydroxyl groups is 1. The zero-order valence-electron chi connectivity index (χ0n) is 12.2. The number of nitrogens with zero attached hydrogens (tertiary/aromatic N) is 1. The zero-order valence-corrected chi connectivity index (χ0v) is 12.2. The maximum Gasteiger partial charge on any atom is 0.234 e. The second-order valence-electron chi connectivity index (χ2n) is 5.07. The van der Waals surface area contributed by atoms with Crippen LogP contribution in [0, 0.1) is 0 Å². The van der Waals surface area contributed by atoms with Crippen LogP contribution in [0.3, 0.4) is 0 Å². The van der Waals surface area contributed by atoms with Crippen LogP contribution in [0.1, 0.15) is 12.5 Å². The maximum atomic E-state index is 11.4. The molecule has 0 aliphatic heterocycles. The van der Waals surface area contributed by atoms with Crippen LogP contribution in [0.15, 0.2) is 30.3 Å². The van der Waals surface area contributed by atoms with Gasteiger partial charge in [0.05, 0.1) is 12.6 Å². The van der Waals surface area contributed by atoms with Gasteiger partial charge in [-0.1, -0.05) is 30.3 Å². The average molecular weight is 279 g/mol. The summed E-state index contributed by atoms with van der Waals surface area (Å²) in [5.74, 6) is -0.0427. The minimum atomic E-state index is -0.658. The highest BCUT2D eigenvalue weighted by Crippen LogP contribution is 2.05. The van der Waals surface area contributed by atoms with Crippen molar-refractivity contribution in [3.8, 4) is 0 Å². The van der Waals surface area contributed by atoms with Crippen LogP contribution < -0.4 is 11.1 Å². The van der Waals surface area contributed by atoms with E-state index >= 15 is 0 Å². The van der Waals surface area contributed by atoms with Gasteiger partial charge in [-0.05, 0) is 26.0 Å². The van der Waals surface area contributed by atoms with E-state index in [1.807, 2.05) is 37.3 Å². The number of nitrogens with two attached hydrogens (primary N) is 1. The summed E-state index contributed by atoms with van der Waals surface area (Å²) in [4.78, 5) is 13.2. The number of carbonyl (C=O) groups is 1. The first kappa shape index (κ1) is 16.6. The van der Waals surface area contributed by atoms with Crippen LogP contribution in [-0.2, 0) is 11.2 Å². The molecule has 0 spiro atoms. The molecule has 1 aromatic rings. The molecular weight excluding hydrogens is 254 g/mol. The molecule has 1 aromatic carbocycles. The predicted molar refractivity (Wildman–Crippen MR) is 80.3 cm³/mol. The van der Waals surface area contributed by atoms with Gasteiger partial charge in [0.1, 0.15) is 0 Å². The van der Waals surface area contributed by atoms with Crippen molar-refractivity contribution in [2.24, 2.45) is 5.73 Å². The zero-order chi connectivity index (χ0) is 15.0. The van der Waals surface area contributed by atoms with E-state index in [0.717, 1.165) is 5.56 Å². The van der Waals surface area contributed by atoms with Crippen LogP contribution in [0.5, 0.6) is 0 Å². The van der Waals surface area contributed by atoms with Crippen molar-refractivity contribution in [1.29, 1.82) is 0 Å². The first-order valence-electron chi connectivity index (χ1n) is 6.95. The average Bonchev–Trinajstić information content (AvgIpc) is 2.39. The summed E-state index contributed by atoms with van der Waals surface area (Å²) in [7, 11) is 1.80. The number of carbonyl (C=O) groups excluding carboxylic acids is 1. The third-order valence-corrected chi connectivity index (χ3v) is 3.09. The standard InChI is InChI=1S/C15H25N3O2/c1-3-17-15(20)11-18(2)10-14(19)13(16)9-12-7-5-4-6-8-12/h4-8,13-14,19H,3,9-11,16H2,1-2H3,(H,17,20). The van der Waals surface area contributed by atoms with Crippen LogP contribution in [0.4, 0.5) is 0 Å². The number of hydrogen-bond donors (Lipinski definition) is 3. The summed E-state index contributed by atoms with van der Waals surface area (Å²) in [6, 6.07) is 9.50. The second kappa shape index (κ2) is 8.68. The minimum absolute atomic E-state index is 0.0427. The SMILES string of the molecule is CCNC(=O)CN(C)CC(O)C(N)Cc1ccccc1. The Morgan fingerprint density at radius 2 is 2.05 bits per heavy atom. The van der Waals surface area contributed by atoms with E-state index in [9.17, 15) is 9.90 Å². The van der Waals surface area contributed by atoms with E-state index in [0.29, 0.717) is 19.5 Å². The number of likely N-dealkylation sites (N-methyl/N-ethyl adjacent to an activating group) is 2. The van der Waals surface area contributed by atoms with Gasteiger partial charge in [0.25, 0.3) is 0 Å². The van der Waals surface area contributed by atoms with E-state index in [1.54, 1.807) is 11.9 Å². The lowest BCUT2D eigenvalue weighted by Crippen LogP contribution is -2.46. The molecule has 1 rings (SSSR count). The van der Waals surface area contributed by atoms with Gasteiger partial charge in [-0.15, -0.1) is 0 Å². The largest absolute Gasteiger partial charge is 0.390 e. The van der Waals surface area contributed by atoms with Crippen LogP contribution in [0.2, 0.25) is 0 Å². The Balaban J connectivity index is 2.37. The van der Waals surface area contributed by atoms with Crippen molar-refractivity contribution >= 4 is 5.91 Å². The van der Waals surface area contributed by atoms with E-state index in [2.05, 4.69) is 5.32 Å². The van der Waals surface area contributed by atoms with Gasteiger partial charge in [0.15, 0.2) is 0 Å². The lowest BCUT2D eigenvalue weighted by atomic mass is 10.0. The Kier molecular flexibility index (Phi) is 7.22. The Bertz CT molecular complexity index is 397. The lowest BCUT2D eigenvalue weighted by Gasteiger charge is -2.24. The van der Waals surface area contributed by atoms with Crippen LogP contribution in [-0.4, -0.2) is 54.7 Å². The molecule has 0 aromatic heterocycles. The van der Waals surface area contributed by atoms with Crippen molar-refractivity contribution in [2.45, 2.75) is 25.5 Å². The Labute approximate surface area is 120 Å². The molecular formula is C15H25N3O2. The minimum Gasteiger partial charge on any atom is -0.390 e. The molecule has 0 aliphatic rings. The molecule has 112 valence electrons. The number of benzene rings is 1. The van der Waals surface area contributed by atoms with E-state index in [-0.39, 0.29) is 18.5 Å². The number of hydrogen-bond acceptors (Lipinski definition) is 4. The molecule has 20 heavy (non-hydrogen) atoms. The van der Waals surface area contributed by atoms with Gasteiger partial charge in [0, 0.05) is 19.1 Å². The van der Waals surface area contributed by atoms with Gasteiger partial charge < -0.3 is 16.2 Å².